The van der Waals surface area contributed by atoms with Crippen LogP contribution in [-0.4, -0.2) is 42.1 Å². The number of carbonyl (C=O) groups excluding carboxylic acids is 2. The molecule has 1 aliphatic rings. The molecule has 0 aliphatic carbocycles. The quantitative estimate of drug-likeness (QED) is 0.874. The van der Waals surface area contributed by atoms with Crippen LogP contribution in [0.25, 0.3) is 0 Å². The highest BCUT2D eigenvalue weighted by molar-refractivity contribution is 7.09. The number of amides is 2. The van der Waals surface area contributed by atoms with Crippen molar-refractivity contribution in [2.75, 3.05) is 19.7 Å². The van der Waals surface area contributed by atoms with Crippen LogP contribution in [0.4, 0.5) is 4.79 Å². The average Bonchev–Trinajstić information content (AvgIpc) is 3.05. The Morgan fingerprint density at radius 3 is 2.95 bits per heavy atom. The molecule has 0 spiro atoms. The topological polar surface area (TPSA) is 58.6 Å². The van der Waals surface area contributed by atoms with E-state index in [1.165, 1.54) is 4.88 Å². The number of cyclic esters (lactones) is 1. The summed E-state index contributed by atoms with van der Waals surface area (Å²) in [5.74, 6) is 0.0130. The number of nitrogens with one attached hydrogen (secondary N) is 1. The highest BCUT2D eigenvalue weighted by Gasteiger charge is 2.35. The first-order valence-corrected chi connectivity index (χ1v) is 7.60. The predicted octanol–water partition coefficient (Wildman–Crippen LogP) is 2.03. The van der Waals surface area contributed by atoms with Crippen LogP contribution >= 0.6 is 11.3 Å². The van der Waals surface area contributed by atoms with Gasteiger partial charge in [0.15, 0.2) is 0 Å². The molecule has 6 heteroatoms. The van der Waals surface area contributed by atoms with Crippen LogP contribution < -0.4 is 5.32 Å². The lowest BCUT2D eigenvalue weighted by atomic mass is 10.0. The van der Waals surface area contributed by atoms with Gasteiger partial charge in [-0.25, -0.2) is 4.79 Å². The van der Waals surface area contributed by atoms with Gasteiger partial charge in [0.1, 0.15) is 6.61 Å². The number of nitrogens with zero attached hydrogens (tertiary/aromatic N) is 1. The fourth-order valence-electron chi connectivity index (χ4n) is 2.13. The van der Waals surface area contributed by atoms with Crippen LogP contribution in [0.15, 0.2) is 17.5 Å². The van der Waals surface area contributed by atoms with Gasteiger partial charge in [-0.3, -0.25) is 9.69 Å². The van der Waals surface area contributed by atoms with Crippen molar-refractivity contribution in [2.24, 2.45) is 0 Å². The second kappa shape index (κ2) is 6.26. The highest BCUT2D eigenvalue weighted by Crippen LogP contribution is 2.18. The Bertz CT molecular complexity index is 471. The molecule has 1 aromatic heterocycles. The summed E-state index contributed by atoms with van der Waals surface area (Å²) in [6.07, 6.45) is 0.930. The molecular formula is C14H20N2O3S. The number of aryl methyl sites for hydroxylation is 1. The minimum atomic E-state index is -0.424. The van der Waals surface area contributed by atoms with E-state index in [0.29, 0.717) is 26.1 Å². The van der Waals surface area contributed by atoms with Crippen molar-refractivity contribution < 1.29 is 14.3 Å². The van der Waals surface area contributed by atoms with E-state index in [1.807, 2.05) is 31.4 Å². The zero-order valence-electron chi connectivity index (χ0n) is 11.8. The van der Waals surface area contributed by atoms with Gasteiger partial charge in [0.25, 0.3) is 0 Å². The van der Waals surface area contributed by atoms with Crippen molar-refractivity contribution in [2.45, 2.75) is 32.2 Å². The van der Waals surface area contributed by atoms with Crippen molar-refractivity contribution in [3.8, 4) is 0 Å². The average molecular weight is 296 g/mol. The summed E-state index contributed by atoms with van der Waals surface area (Å²) in [7, 11) is 0. The molecule has 2 rings (SSSR count). The third-order valence-electron chi connectivity index (χ3n) is 3.39. The zero-order valence-corrected chi connectivity index (χ0v) is 12.7. The molecule has 1 fully saturated rings. The van der Waals surface area contributed by atoms with Crippen LogP contribution in [-0.2, 0) is 16.0 Å². The zero-order chi connectivity index (χ0) is 14.6. The standard InChI is InChI=1S/C14H20N2O3S/c1-14(2,16-7-8-19-13(16)18)10-15-12(17)6-5-11-4-3-9-20-11/h3-4,9H,5-8,10H2,1-2H3,(H,15,17). The van der Waals surface area contributed by atoms with Gasteiger partial charge in [0, 0.05) is 17.8 Å². The maximum absolute atomic E-state index is 11.8. The van der Waals surface area contributed by atoms with Crippen molar-refractivity contribution in [1.82, 2.24) is 10.2 Å². The SMILES string of the molecule is CC(C)(CNC(=O)CCc1cccs1)N1CCOC1=O. The number of hydrogen-bond donors (Lipinski definition) is 1. The van der Waals surface area contributed by atoms with E-state index in [0.717, 1.165) is 6.42 Å². The highest BCUT2D eigenvalue weighted by atomic mass is 32.1. The van der Waals surface area contributed by atoms with E-state index >= 15 is 0 Å². The Labute approximate surface area is 122 Å². The minimum Gasteiger partial charge on any atom is -0.448 e. The van der Waals surface area contributed by atoms with Crippen LogP contribution in [0.1, 0.15) is 25.1 Å². The lowest BCUT2D eigenvalue weighted by Crippen LogP contribution is -2.52. The van der Waals surface area contributed by atoms with Gasteiger partial charge in [-0.1, -0.05) is 6.07 Å². The molecule has 2 amide bonds. The van der Waals surface area contributed by atoms with Gasteiger partial charge < -0.3 is 10.1 Å². The van der Waals surface area contributed by atoms with Crippen molar-refractivity contribution in [3.63, 3.8) is 0 Å². The number of thiophene rings is 1. The number of carbonyl (C=O) groups is 2. The summed E-state index contributed by atoms with van der Waals surface area (Å²) in [5.41, 5.74) is -0.424. The van der Waals surface area contributed by atoms with Crippen molar-refractivity contribution in [3.05, 3.63) is 22.4 Å². The van der Waals surface area contributed by atoms with Gasteiger partial charge in [-0.2, -0.15) is 0 Å². The Hall–Kier alpha value is -1.56. The summed E-state index contributed by atoms with van der Waals surface area (Å²) in [4.78, 5) is 26.2. The van der Waals surface area contributed by atoms with Crippen LogP contribution in [0.2, 0.25) is 0 Å². The van der Waals surface area contributed by atoms with Crippen LogP contribution in [0.5, 0.6) is 0 Å². The molecule has 1 aliphatic heterocycles. The van der Waals surface area contributed by atoms with Crippen LogP contribution in [0.3, 0.4) is 0 Å². The van der Waals surface area contributed by atoms with E-state index in [4.69, 9.17) is 4.74 Å². The first-order chi connectivity index (χ1) is 9.49. The Morgan fingerprint density at radius 2 is 2.35 bits per heavy atom. The Kier molecular flexibility index (Phi) is 4.65. The lowest BCUT2D eigenvalue weighted by Gasteiger charge is -2.33. The second-order valence-electron chi connectivity index (χ2n) is 5.43. The summed E-state index contributed by atoms with van der Waals surface area (Å²) < 4.78 is 4.93. The van der Waals surface area contributed by atoms with Crippen molar-refractivity contribution in [1.29, 1.82) is 0 Å². The van der Waals surface area contributed by atoms with Gasteiger partial charge in [0.2, 0.25) is 5.91 Å². The largest absolute Gasteiger partial charge is 0.448 e. The predicted molar refractivity (Wildman–Crippen MR) is 77.8 cm³/mol. The molecule has 20 heavy (non-hydrogen) atoms. The molecule has 1 saturated heterocycles. The fraction of sp³-hybridized carbons (Fsp3) is 0.571. The molecule has 1 aromatic rings. The maximum atomic E-state index is 11.8. The van der Waals surface area contributed by atoms with E-state index in [2.05, 4.69) is 5.32 Å². The van der Waals surface area contributed by atoms with E-state index < -0.39 is 5.54 Å². The van der Waals surface area contributed by atoms with Gasteiger partial charge in [0.05, 0.1) is 12.1 Å². The molecule has 0 bridgehead atoms. The molecular weight excluding hydrogens is 276 g/mol. The van der Waals surface area contributed by atoms with E-state index in [1.54, 1.807) is 16.2 Å². The number of ether oxygens (including phenoxy) is 1. The first kappa shape index (κ1) is 14.8. The summed E-state index contributed by atoms with van der Waals surface area (Å²) in [5, 5.41) is 4.91. The molecule has 2 heterocycles. The number of hydrogen-bond acceptors (Lipinski definition) is 4. The maximum Gasteiger partial charge on any atom is 0.410 e. The molecule has 5 nitrogen and oxygen atoms in total. The molecule has 110 valence electrons. The second-order valence-corrected chi connectivity index (χ2v) is 6.47. The lowest BCUT2D eigenvalue weighted by molar-refractivity contribution is -0.121. The third kappa shape index (κ3) is 3.72. The smallest absolute Gasteiger partial charge is 0.410 e. The summed E-state index contributed by atoms with van der Waals surface area (Å²) in [6.45, 7) is 5.30. The normalized spacial score (nSPS) is 15.3. The van der Waals surface area contributed by atoms with E-state index in [-0.39, 0.29) is 12.0 Å². The summed E-state index contributed by atoms with van der Waals surface area (Å²) >= 11 is 1.66. The Balaban J connectivity index is 1.75. The molecule has 0 saturated carbocycles. The summed E-state index contributed by atoms with van der Waals surface area (Å²) in [6, 6.07) is 4.02. The molecule has 0 radical (unpaired) electrons. The number of rotatable bonds is 6. The molecule has 1 N–H and O–H groups in total. The minimum absolute atomic E-state index is 0.0130. The van der Waals surface area contributed by atoms with Gasteiger partial charge in [-0.05, 0) is 31.7 Å². The van der Waals surface area contributed by atoms with Crippen molar-refractivity contribution >= 4 is 23.3 Å². The molecule has 0 atom stereocenters. The Morgan fingerprint density at radius 1 is 1.55 bits per heavy atom. The van der Waals surface area contributed by atoms with Gasteiger partial charge in [-0.15, -0.1) is 11.3 Å². The fourth-order valence-corrected chi connectivity index (χ4v) is 2.84. The molecule has 0 aromatic carbocycles. The van der Waals surface area contributed by atoms with Gasteiger partial charge >= 0.3 is 6.09 Å². The monoisotopic (exact) mass is 296 g/mol. The first-order valence-electron chi connectivity index (χ1n) is 6.72. The van der Waals surface area contributed by atoms with E-state index in [9.17, 15) is 9.59 Å². The third-order valence-corrected chi connectivity index (χ3v) is 4.32. The van der Waals surface area contributed by atoms with Crippen LogP contribution in [0, 0.1) is 0 Å². The molecule has 0 unspecified atom stereocenters.